The van der Waals surface area contributed by atoms with Crippen LogP contribution in [0.4, 0.5) is 10.1 Å². The highest BCUT2D eigenvalue weighted by Gasteiger charge is 2.14. The van der Waals surface area contributed by atoms with Crippen molar-refractivity contribution in [2.75, 3.05) is 11.9 Å². The normalized spacial score (nSPS) is 10.1. The highest BCUT2D eigenvalue weighted by atomic mass is 79.9. The Morgan fingerprint density at radius 2 is 1.95 bits per heavy atom. The average molecular weight is 367 g/mol. The first-order valence-electron chi connectivity index (χ1n) is 6.24. The van der Waals surface area contributed by atoms with E-state index >= 15 is 0 Å². The van der Waals surface area contributed by atoms with Crippen LogP contribution in [-0.2, 0) is 4.79 Å². The zero-order valence-corrected chi connectivity index (χ0v) is 12.9. The van der Waals surface area contributed by atoms with E-state index in [1.165, 1.54) is 24.3 Å². The van der Waals surface area contributed by atoms with Gasteiger partial charge in [0.15, 0.2) is 6.61 Å². The molecule has 3 N–H and O–H groups in total. The molecule has 0 bridgehead atoms. The van der Waals surface area contributed by atoms with Crippen molar-refractivity contribution >= 4 is 33.4 Å². The van der Waals surface area contributed by atoms with Crippen molar-refractivity contribution in [3.05, 3.63) is 58.3 Å². The lowest BCUT2D eigenvalue weighted by Gasteiger charge is -2.11. The third kappa shape index (κ3) is 4.05. The molecule has 0 spiro atoms. The van der Waals surface area contributed by atoms with Crippen LogP contribution in [0.25, 0.3) is 0 Å². The largest absolute Gasteiger partial charge is 0.483 e. The van der Waals surface area contributed by atoms with Crippen molar-refractivity contribution in [2.24, 2.45) is 5.73 Å². The van der Waals surface area contributed by atoms with Gasteiger partial charge in [0.1, 0.15) is 11.6 Å². The molecule has 22 heavy (non-hydrogen) atoms. The summed E-state index contributed by atoms with van der Waals surface area (Å²) in [5.41, 5.74) is 5.22. The number of ether oxygens (including phenoxy) is 1. The van der Waals surface area contributed by atoms with Gasteiger partial charge in [-0.1, -0.05) is 28.1 Å². The molecule has 0 heterocycles. The molecule has 0 aliphatic rings. The van der Waals surface area contributed by atoms with E-state index in [2.05, 4.69) is 21.2 Å². The second-order valence-electron chi connectivity index (χ2n) is 4.33. The average Bonchev–Trinajstić information content (AvgIpc) is 2.48. The fourth-order valence-corrected chi connectivity index (χ4v) is 2.04. The van der Waals surface area contributed by atoms with E-state index in [0.717, 1.165) is 0 Å². The lowest BCUT2D eigenvalue weighted by Crippen LogP contribution is -2.21. The summed E-state index contributed by atoms with van der Waals surface area (Å²) in [6.07, 6.45) is 0. The Bertz CT molecular complexity index is 722. The van der Waals surface area contributed by atoms with Gasteiger partial charge in [-0.25, -0.2) is 4.39 Å². The predicted molar refractivity (Wildman–Crippen MR) is 83.2 cm³/mol. The minimum Gasteiger partial charge on any atom is -0.483 e. The van der Waals surface area contributed by atoms with Crippen LogP contribution in [0.5, 0.6) is 5.75 Å². The molecule has 114 valence electrons. The number of halogens is 2. The third-order valence-corrected chi connectivity index (χ3v) is 3.17. The molecule has 0 fully saturated rings. The first-order valence-corrected chi connectivity index (χ1v) is 7.03. The number of hydrogen-bond acceptors (Lipinski definition) is 3. The highest BCUT2D eigenvalue weighted by molar-refractivity contribution is 9.10. The van der Waals surface area contributed by atoms with Gasteiger partial charge in [0.05, 0.1) is 11.3 Å². The lowest BCUT2D eigenvalue weighted by atomic mass is 10.2. The predicted octanol–water partition coefficient (Wildman–Crippen LogP) is 2.70. The van der Waals surface area contributed by atoms with Crippen LogP contribution in [0.2, 0.25) is 0 Å². The van der Waals surface area contributed by atoms with Gasteiger partial charge in [-0.15, -0.1) is 0 Å². The number of nitrogens with one attached hydrogen (secondary N) is 1. The highest BCUT2D eigenvalue weighted by Crippen LogP contribution is 2.23. The van der Waals surface area contributed by atoms with Crippen LogP contribution < -0.4 is 15.8 Å². The quantitative estimate of drug-likeness (QED) is 0.853. The van der Waals surface area contributed by atoms with Crippen molar-refractivity contribution < 1.29 is 18.7 Å². The fraction of sp³-hybridized carbons (Fsp3) is 0.0667. The number of rotatable bonds is 5. The van der Waals surface area contributed by atoms with Crippen LogP contribution in [0.15, 0.2) is 46.9 Å². The SMILES string of the molecule is NC(=O)COc1ccccc1C(=O)Nc1ccc(Br)cc1F. The topological polar surface area (TPSA) is 81.4 Å². The van der Waals surface area contributed by atoms with Crippen molar-refractivity contribution in [3.63, 3.8) is 0 Å². The zero-order chi connectivity index (χ0) is 16.1. The fourth-order valence-electron chi connectivity index (χ4n) is 1.71. The van der Waals surface area contributed by atoms with E-state index in [1.54, 1.807) is 18.2 Å². The van der Waals surface area contributed by atoms with Gasteiger partial charge in [0, 0.05) is 4.47 Å². The summed E-state index contributed by atoms with van der Waals surface area (Å²) in [7, 11) is 0. The van der Waals surface area contributed by atoms with Crippen LogP contribution in [0, 0.1) is 5.82 Å². The van der Waals surface area contributed by atoms with Crippen molar-refractivity contribution in [2.45, 2.75) is 0 Å². The molecular formula is C15H12BrFN2O3. The number of para-hydroxylation sites is 1. The summed E-state index contributed by atoms with van der Waals surface area (Å²) in [6.45, 7) is -0.350. The number of carbonyl (C=O) groups excluding carboxylic acids is 2. The summed E-state index contributed by atoms with van der Waals surface area (Å²) >= 11 is 3.14. The minimum absolute atomic E-state index is 0.0397. The van der Waals surface area contributed by atoms with Crippen molar-refractivity contribution in [1.82, 2.24) is 0 Å². The molecule has 0 aromatic heterocycles. The summed E-state index contributed by atoms with van der Waals surface area (Å²) in [5.74, 6) is -1.59. The van der Waals surface area contributed by atoms with Gasteiger partial charge >= 0.3 is 0 Å². The van der Waals surface area contributed by atoms with Crippen LogP contribution >= 0.6 is 15.9 Å². The Morgan fingerprint density at radius 3 is 2.64 bits per heavy atom. The van der Waals surface area contributed by atoms with Crippen molar-refractivity contribution in [1.29, 1.82) is 0 Å². The molecule has 0 saturated carbocycles. The number of carbonyl (C=O) groups is 2. The Morgan fingerprint density at radius 1 is 1.23 bits per heavy atom. The van der Waals surface area contributed by atoms with E-state index < -0.39 is 17.6 Å². The molecule has 0 unspecified atom stereocenters. The molecule has 0 aliphatic carbocycles. The summed E-state index contributed by atoms with van der Waals surface area (Å²) in [4.78, 5) is 23.0. The summed E-state index contributed by atoms with van der Waals surface area (Å²) in [5, 5.41) is 2.45. The molecule has 0 aliphatic heterocycles. The number of hydrogen-bond donors (Lipinski definition) is 2. The maximum Gasteiger partial charge on any atom is 0.259 e. The minimum atomic E-state index is -0.658. The van der Waals surface area contributed by atoms with E-state index in [0.29, 0.717) is 4.47 Å². The van der Waals surface area contributed by atoms with Gasteiger partial charge in [0.25, 0.3) is 11.8 Å². The molecule has 0 atom stereocenters. The monoisotopic (exact) mass is 366 g/mol. The van der Waals surface area contributed by atoms with Crippen LogP contribution in [0.3, 0.4) is 0 Å². The Kier molecular flexibility index (Phi) is 5.11. The van der Waals surface area contributed by atoms with Crippen LogP contribution in [0.1, 0.15) is 10.4 Å². The summed E-state index contributed by atoms with van der Waals surface area (Å²) in [6, 6.07) is 10.6. The second kappa shape index (κ2) is 7.04. The molecule has 2 amide bonds. The molecule has 0 radical (unpaired) electrons. The Hall–Kier alpha value is -2.41. The van der Waals surface area contributed by atoms with Gasteiger partial charge in [-0.05, 0) is 30.3 Å². The standard InChI is InChI=1S/C15H12BrFN2O3/c16-9-5-6-12(11(17)7-9)19-15(21)10-3-1-2-4-13(10)22-8-14(18)20/h1-7H,8H2,(H2,18,20)(H,19,21). The van der Waals surface area contributed by atoms with Gasteiger partial charge in [-0.2, -0.15) is 0 Å². The molecule has 0 saturated heterocycles. The first kappa shape index (κ1) is 16.0. The van der Waals surface area contributed by atoms with Crippen molar-refractivity contribution in [3.8, 4) is 5.75 Å². The molecule has 2 rings (SSSR count). The Balaban J connectivity index is 2.20. The maximum absolute atomic E-state index is 13.7. The summed E-state index contributed by atoms with van der Waals surface area (Å²) < 4.78 is 19.5. The van der Waals surface area contributed by atoms with Crippen LogP contribution in [-0.4, -0.2) is 18.4 Å². The lowest BCUT2D eigenvalue weighted by molar-refractivity contribution is -0.119. The van der Waals surface area contributed by atoms with Gasteiger partial charge in [-0.3, -0.25) is 9.59 Å². The van der Waals surface area contributed by atoms with E-state index in [9.17, 15) is 14.0 Å². The zero-order valence-electron chi connectivity index (χ0n) is 11.3. The smallest absolute Gasteiger partial charge is 0.259 e. The number of nitrogens with two attached hydrogens (primary N) is 1. The number of benzene rings is 2. The molecule has 7 heteroatoms. The Labute approximate surface area is 134 Å². The van der Waals surface area contributed by atoms with Gasteiger partial charge in [0.2, 0.25) is 0 Å². The van der Waals surface area contributed by atoms with Gasteiger partial charge < -0.3 is 15.8 Å². The van der Waals surface area contributed by atoms with E-state index in [-0.39, 0.29) is 23.6 Å². The number of amides is 2. The van der Waals surface area contributed by atoms with E-state index in [1.807, 2.05) is 0 Å². The molecular weight excluding hydrogens is 355 g/mol. The third-order valence-electron chi connectivity index (χ3n) is 2.68. The number of anilines is 1. The molecule has 2 aromatic rings. The first-order chi connectivity index (χ1) is 10.5. The van der Waals surface area contributed by atoms with E-state index in [4.69, 9.17) is 10.5 Å². The molecule has 2 aromatic carbocycles. The number of primary amides is 1. The maximum atomic E-state index is 13.7. The second-order valence-corrected chi connectivity index (χ2v) is 5.25. The molecule has 5 nitrogen and oxygen atoms in total.